The smallest absolute Gasteiger partial charge is 0.406 e. The fraction of sp³-hybridized carbons (Fsp3) is 0.600. The lowest BCUT2D eigenvalue weighted by molar-refractivity contribution is -0.274. The molecule has 0 aliphatic rings. The topological polar surface area (TPSA) is 30.5 Å². The van der Waals surface area contributed by atoms with Crippen LogP contribution in [-0.4, -0.2) is 26.1 Å². The SMILES string of the molecule is CCCC(OC)C(NCC)c1cccc(OC(F)(F)F)c1. The molecular weight excluding hydrogens is 283 g/mol. The van der Waals surface area contributed by atoms with Crippen molar-refractivity contribution in [3.05, 3.63) is 29.8 Å². The molecule has 0 fully saturated rings. The maximum atomic E-state index is 12.3. The Morgan fingerprint density at radius 3 is 2.48 bits per heavy atom. The summed E-state index contributed by atoms with van der Waals surface area (Å²) in [6, 6.07) is 5.86. The first-order valence-corrected chi connectivity index (χ1v) is 7.03. The number of alkyl halides is 3. The summed E-state index contributed by atoms with van der Waals surface area (Å²) in [6.07, 6.45) is -3.04. The van der Waals surface area contributed by atoms with Crippen LogP contribution in [0.2, 0.25) is 0 Å². The van der Waals surface area contributed by atoms with Crippen LogP contribution in [0.3, 0.4) is 0 Å². The number of methoxy groups -OCH3 is 1. The summed E-state index contributed by atoms with van der Waals surface area (Å²) in [5.74, 6) is -0.214. The van der Waals surface area contributed by atoms with Crippen LogP contribution in [0.5, 0.6) is 5.75 Å². The molecule has 1 N–H and O–H groups in total. The molecule has 0 aromatic heterocycles. The highest BCUT2D eigenvalue weighted by atomic mass is 19.4. The molecule has 1 aromatic rings. The molecule has 0 radical (unpaired) electrons. The van der Waals surface area contributed by atoms with Gasteiger partial charge in [-0.15, -0.1) is 13.2 Å². The largest absolute Gasteiger partial charge is 0.573 e. The van der Waals surface area contributed by atoms with Crippen molar-refractivity contribution in [2.24, 2.45) is 0 Å². The Balaban J connectivity index is 2.99. The number of ether oxygens (including phenoxy) is 2. The number of rotatable bonds is 8. The van der Waals surface area contributed by atoms with Gasteiger partial charge >= 0.3 is 6.36 Å². The summed E-state index contributed by atoms with van der Waals surface area (Å²) in [7, 11) is 1.61. The van der Waals surface area contributed by atoms with Crippen LogP contribution in [0.1, 0.15) is 38.3 Å². The van der Waals surface area contributed by atoms with Crippen LogP contribution in [0.15, 0.2) is 24.3 Å². The molecule has 6 heteroatoms. The van der Waals surface area contributed by atoms with Crippen molar-refractivity contribution in [2.45, 2.75) is 45.2 Å². The first-order chi connectivity index (χ1) is 9.91. The van der Waals surface area contributed by atoms with E-state index < -0.39 is 6.36 Å². The van der Waals surface area contributed by atoms with Crippen LogP contribution >= 0.6 is 0 Å². The number of benzene rings is 1. The van der Waals surface area contributed by atoms with E-state index in [-0.39, 0.29) is 17.9 Å². The van der Waals surface area contributed by atoms with E-state index in [9.17, 15) is 13.2 Å². The van der Waals surface area contributed by atoms with E-state index in [0.717, 1.165) is 18.4 Å². The van der Waals surface area contributed by atoms with Crippen molar-refractivity contribution in [3.63, 3.8) is 0 Å². The Morgan fingerprint density at radius 1 is 1.24 bits per heavy atom. The van der Waals surface area contributed by atoms with Gasteiger partial charge in [-0.2, -0.15) is 0 Å². The van der Waals surface area contributed by atoms with Crippen molar-refractivity contribution in [3.8, 4) is 5.75 Å². The molecule has 3 nitrogen and oxygen atoms in total. The Bertz CT molecular complexity index is 424. The minimum absolute atomic E-state index is 0.101. The summed E-state index contributed by atoms with van der Waals surface area (Å²) in [5.41, 5.74) is 0.721. The fourth-order valence-corrected chi connectivity index (χ4v) is 2.29. The third-order valence-electron chi connectivity index (χ3n) is 3.12. The number of hydrogen-bond donors (Lipinski definition) is 1. The fourth-order valence-electron chi connectivity index (χ4n) is 2.29. The van der Waals surface area contributed by atoms with E-state index in [0.29, 0.717) is 6.54 Å². The Labute approximate surface area is 123 Å². The number of nitrogens with one attached hydrogen (secondary N) is 1. The summed E-state index contributed by atoms with van der Waals surface area (Å²) in [4.78, 5) is 0. The lowest BCUT2D eigenvalue weighted by atomic mass is 9.98. The molecule has 1 aromatic carbocycles. The zero-order valence-corrected chi connectivity index (χ0v) is 12.5. The minimum atomic E-state index is -4.68. The predicted octanol–water partition coefficient (Wildman–Crippen LogP) is 4.05. The number of likely N-dealkylation sites (N-methyl/N-ethyl adjacent to an activating group) is 1. The van der Waals surface area contributed by atoms with Gasteiger partial charge in [0.25, 0.3) is 0 Å². The molecule has 2 unspecified atom stereocenters. The summed E-state index contributed by atoms with van der Waals surface area (Å²) in [5, 5.41) is 3.26. The van der Waals surface area contributed by atoms with E-state index in [1.165, 1.54) is 12.1 Å². The van der Waals surface area contributed by atoms with Crippen molar-refractivity contribution < 1.29 is 22.6 Å². The second kappa shape index (κ2) is 8.24. The van der Waals surface area contributed by atoms with Crippen molar-refractivity contribution in [2.75, 3.05) is 13.7 Å². The molecule has 0 amide bonds. The maximum Gasteiger partial charge on any atom is 0.573 e. The third-order valence-corrected chi connectivity index (χ3v) is 3.12. The predicted molar refractivity (Wildman–Crippen MR) is 75.2 cm³/mol. The Morgan fingerprint density at radius 2 is 1.95 bits per heavy atom. The standard InChI is InChI=1S/C15H22F3NO2/c1-4-7-13(20-3)14(19-5-2)11-8-6-9-12(10-11)21-15(16,17)18/h6,8-10,13-14,19H,4-5,7H2,1-3H3. The van der Waals surface area contributed by atoms with Crippen LogP contribution in [-0.2, 0) is 4.74 Å². The van der Waals surface area contributed by atoms with Crippen molar-refractivity contribution >= 4 is 0 Å². The monoisotopic (exact) mass is 305 g/mol. The molecule has 0 saturated heterocycles. The zero-order valence-electron chi connectivity index (χ0n) is 12.5. The van der Waals surface area contributed by atoms with Gasteiger partial charge in [0, 0.05) is 7.11 Å². The average molecular weight is 305 g/mol. The minimum Gasteiger partial charge on any atom is -0.406 e. The molecule has 0 aliphatic heterocycles. The van der Waals surface area contributed by atoms with Gasteiger partial charge in [0.1, 0.15) is 5.75 Å². The second-order valence-corrected chi connectivity index (χ2v) is 4.72. The van der Waals surface area contributed by atoms with Gasteiger partial charge in [-0.05, 0) is 30.7 Å². The Kier molecular flexibility index (Phi) is 6.98. The van der Waals surface area contributed by atoms with Gasteiger partial charge in [0.2, 0.25) is 0 Å². The van der Waals surface area contributed by atoms with Gasteiger partial charge < -0.3 is 14.8 Å². The molecule has 0 aliphatic carbocycles. The van der Waals surface area contributed by atoms with Crippen LogP contribution in [0.25, 0.3) is 0 Å². The maximum absolute atomic E-state index is 12.3. The van der Waals surface area contributed by atoms with Gasteiger partial charge in [0.15, 0.2) is 0 Å². The molecule has 0 saturated carbocycles. The van der Waals surface area contributed by atoms with E-state index in [1.807, 2.05) is 13.8 Å². The molecule has 0 bridgehead atoms. The quantitative estimate of drug-likeness (QED) is 0.786. The Hall–Kier alpha value is -1.27. The third kappa shape index (κ3) is 5.93. The van der Waals surface area contributed by atoms with Crippen LogP contribution < -0.4 is 10.1 Å². The molecule has 1 rings (SSSR count). The van der Waals surface area contributed by atoms with Gasteiger partial charge in [0.05, 0.1) is 12.1 Å². The highest BCUT2D eigenvalue weighted by Crippen LogP contribution is 2.28. The van der Waals surface area contributed by atoms with Gasteiger partial charge in [-0.25, -0.2) is 0 Å². The van der Waals surface area contributed by atoms with E-state index in [2.05, 4.69) is 10.1 Å². The second-order valence-electron chi connectivity index (χ2n) is 4.72. The van der Waals surface area contributed by atoms with E-state index in [4.69, 9.17) is 4.74 Å². The van der Waals surface area contributed by atoms with Gasteiger partial charge in [-0.1, -0.05) is 32.4 Å². The molecule has 2 atom stereocenters. The highest BCUT2D eigenvalue weighted by Gasteiger charge is 2.31. The molecular formula is C15H22F3NO2. The number of halogens is 3. The lowest BCUT2D eigenvalue weighted by Crippen LogP contribution is -2.33. The van der Waals surface area contributed by atoms with Crippen molar-refractivity contribution in [1.82, 2.24) is 5.32 Å². The zero-order chi connectivity index (χ0) is 15.9. The number of hydrogen-bond acceptors (Lipinski definition) is 3. The molecule has 21 heavy (non-hydrogen) atoms. The normalized spacial score (nSPS) is 14.8. The molecule has 120 valence electrons. The summed E-state index contributed by atoms with van der Waals surface area (Å²) >= 11 is 0. The lowest BCUT2D eigenvalue weighted by Gasteiger charge is -2.27. The first-order valence-electron chi connectivity index (χ1n) is 7.03. The van der Waals surface area contributed by atoms with Crippen molar-refractivity contribution in [1.29, 1.82) is 0 Å². The van der Waals surface area contributed by atoms with E-state index >= 15 is 0 Å². The molecule has 0 heterocycles. The first kappa shape index (κ1) is 17.8. The highest BCUT2D eigenvalue weighted by molar-refractivity contribution is 5.31. The van der Waals surface area contributed by atoms with Crippen LogP contribution in [0.4, 0.5) is 13.2 Å². The summed E-state index contributed by atoms with van der Waals surface area (Å²) in [6.45, 7) is 4.68. The molecule has 0 spiro atoms. The van der Waals surface area contributed by atoms with Gasteiger partial charge in [-0.3, -0.25) is 0 Å². The van der Waals surface area contributed by atoms with E-state index in [1.54, 1.807) is 19.2 Å². The van der Waals surface area contributed by atoms with Crippen LogP contribution in [0, 0.1) is 0 Å². The average Bonchev–Trinajstić information content (AvgIpc) is 2.41. The summed E-state index contributed by atoms with van der Waals surface area (Å²) < 4.78 is 46.4.